The molecule has 23 heavy (non-hydrogen) atoms. The van der Waals surface area contributed by atoms with Gasteiger partial charge in [0.2, 0.25) is 0 Å². The molecule has 1 saturated heterocycles. The molecule has 1 aromatic carbocycles. The fourth-order valence-electron chi connectivity index (χ4n) is 2.87. The minimum atomic E-state index is -0.859. The van der Waals surface area contributed by atoms with Gasteiger partial charge in [0.1, 0.15) is 0 Å². The molecule has 0 radical (unpaired) electrons. The lowest BCUT2D eigenvalue weighted by molar-refractivity contribution is -0.143. The number of benzene rings is 1. The van der Waals surface area contributed by atoms with Crippen LogP contribution in [0.3, 0.4) is 0 Å². The van der Waals surface area contributed by atoms with Gasteiger partial charge in [-0.05, 0) is 12.8 Å². The molecular formula is C17H18N2O4. The van der Waals surface area contributed by atoms with Gasteiger partial charge in [-0.1, -0.05) is 30.3 Å². The number of aliphatic carboxylic acids is 1. The first-order chi connectivity index (χ1) is 11.1. The van der Waals surface area contributed by atoms with E-state index in [9.17, 15) is 14.7 Å². The van der Waals surface area contributed by atoms with Crippen LogP contribution in [-0.2, 0) is 4.79 Å². The minimum Gasteiger partial charge on any atom is -0.481 e. The predicted octanol–water partition coefficient (Wildman–Crippen LogP) is 2.59. The van der Waals surface area contributed by atoms with Crippen LogP contribution in [0.25, 0.3) is 11.3 Å². The number of hydrogen-bond donors (Lipinski definition) is 1. The fourth-order valence-corrected chi connectivity index (χ4v) is 2.87. The Morgan fingerprint density at radius 2 is 2.04 bits per heavy atom. The van der Waals surface area contributed by atoms with Crippen molar-refractivity contribution in [3.05, 3.63) is 41.9 Å². The van der Waals surface area contributed by atoms with Gasteiger partial charge in [-0.15, -0.1) is 0 Å². The van der Waals surface area contributed by atoms with Crippen molar-refractivity contribution in [3.63, 3.8) is 0 Å². The molecule has 1 aliphatic heterocycles. The summed E-state index contributed by atoms with van der Waals surface area (Å²) in [5.41, 5.74) is 1.03. The summed E-state index contributed by atoms with van der Waals surface area (Å²) in [7, 11) is 0. The van der Waals surface area contributed by atoms with Gasteiger partial charge >= 0.3 is 5.97 Å². The van der Waals surface area contributed by atoms with Crippen molar-refractivity contribution in [2.45, 2.75) is 19.8 Å². The number of carbonyl (C=O) groups is 2. The second kappa shape index (κ2) is 6.24. The van der Waals surface area contributed by atoms with E-state index >= 15 is 0 Å². The van der Waals surface area contributed by atoms with E-state index in [0.29, 0.717) is 31.0 Å². The Bertz CT molecular complexity index is 723. The molecule has 0 aliphatic carbocycles. The topological polar surface area (TPSA) is 83.6 Å². The lowest BCUT2D eigenvalue weighted by atomic mass is 9.98. The molecule has 6 nitrogen and oxygen atoms in total. The molecule has 0 unspecified atom stereocenters. The predicted molar refractivity (Wildman–Crippen MR) is 82.9 cm³/mol. The third kappa shape index (κ3) is 3.11. The van der Waals surface area contributed by atoms with Gasteiger partial charge in [0.15, 0.2) is 17.3 Å². The van der Waals surface area contributed by atoms with Gasteiger partial charge in [0.05, 0.1) is 5.92 Å². The Balaban J connectivity index is 1.90. The summed E-state index contributed by atoms with van der Waals surface area (Å²) in [6, 6.07) is 9.32. The SMILES string of the molecule is Cc1nc(C(=O)N2CCC[C@H](C(=O)O)C2)c(-c2ccccc2)o1. The van der Waals surface area contributed by atoms with Crippen LogP contribution in [0.5, 0.6) is 0 Å². The maximum atomic E-state index is 12.8. The smallest absolute Gasteiger partial charge is 0.308 e. The summed E-state index contributed by atoms with van der Waals surface area (Å²) < 4.78 is 5.61. The first-order valence-electron chi connectivity index (χ1n) is 7.61. The second-order valence-electron chi connectivity index (χ2n) is 5.71. The van der Waals surface area contributed by atoms with Gasteiger partial charge in [-0.25, -0.2) is 4.98 Å². The normalized spacial score (nSPS) is 18.0. The summed E-state index contributed by atoms with van der Waals surface area (Å²) in [5.74, 6) is -0.792. The molecule has 0 bridgehead atoms. The zero-order chi connectivity index (χ0) is 16.4. The van der Waals surface area contributed by atoms with Crippen LogP contribution < -0.4 is 0 Å². The number of nitrogens with zero attached hydrogens (tertiary/aromatic N) is 2. The van der Waals surface area contributed by atoms with E-state index in [1.807, 2.05) is 30.3 Å². The van der Waals surface area contributed by atoms with E-state index < -0.39 is 11.9 Å². The zero-order valence-electron chi connectivity index (χ0n) is 12.9. The maximum Gasteiger partial charge on any atom is 0.308 e. The maximum absolute atomic E-state index is 12.8. The molecule has 1 aromatic heterocycles. The second-order valence-corrected chi connectivity index (χ2v) is 5.71. The molecule has 1 amide bonds. The molecule has 0 saturated carbocycles. The first kappa shape index (κ1) is 15.3. The Kier molecular flexibility index (Phi) is 4.14. The average Bonchev–Trinajstić information content (AvgIpc) is 2.97. The number of carboxylic acid groups (broad SMARTS) is 1. The summed E-state index contributed by atoms with van der Waals surface area (Å²) in [5, 5.41) is 9.17. The van der Waals surface area contributed by atoms with Gasteiger partial charge in [-0.2, -0.15) is 0 Å². The van der Waals surface area contributed by atoms with Crippen molar-refractivity contribution in [3.8, 4) is 11.3 Å². The summed E-state index contributed by atoms with van der Waals surface area (Å²) in [6.07, 6.45) is 1.28. The monoisotopic (exact) mass is 314 g/mol. The Labute approximate surface area is 133 Å². The van der Waals surface area contributed by atoms with E-state index in [0.717, 1.165) is 5.56 Å². The van der Waals surface area contributed by atoms with E-state index in [2.05, 4.69) is 4.98 Å². The van der Waals surface area contributed by atoms with Crippen LogP contribution >= 0.6 is 0 Å². The summed E-state index contributed by atoms with van der Waals surface area (Å²) in [4.78, 5) is 29.8. The molecule has 0 spiro atoms. The quantitative estimate of drug-likeness (QED) is 0.941. The number of rotatable bonds is 3. The standard InChI is InChI=1S/C17H18N2O4/c1-11-18-14(15(23-11)12-6-3-2-4-7-12)16(20)19-9-5-8-13(10-19)17(21)22/h2-4,6-7,13H,5,8-10H2,1H3,(H,21,22)/t13-/m0/s1. The van der Waals surface area contributed by atoms with E-state index in [1.54, 1.807) is 11.8 Å². The average molecular weight is 314 g/mol. The van der Waals surface area contributed by atoms with Crippen LogP contribution in [0.2, 0.25) is 0 Å². The van der Waals surface area contributed by atoms with Crippen molar-refractivity contribution in [1.29, 1.82) is 0 Å². The number of amides is 1. The molecule has 3 rings (SSSR count). The van der Waals surface area contributed by atoms with Gasteiger partial charge in [0, 0.05) is 25.6 Å². The molecule has 1 fully saturated rings. The highest BCUT2D eigenvalue weighted by Crippen LogP contribution is 2.27. The highest BCUT2D eigenvalue weighted by atomic mass is 16.4. The Hall–Kier alpha value is -2.63. The molecule has 1 atom stereocenters. The van der Waals surface area contributed by atoms with Crippen molar-refractivity contribution >= 4 is 11.9 Å². The van der Waals surface area contributed by atoms with Gasteiger partial charge in [0.25, 0.3) is 5.91 Å². The van der Waals surface area contributed by atoms with Crippen LogP contribution in [0.4, 0.5) is 0 Å². The van der Waals surface area contributed by atoms with Gasteiger partial charge in [-0.3, -0.25) is 9.59 Å². The van der Waals surface area contributed by atoms with E-state index in [-0.39, 0.29) is 18.1 Å². The number of carboxylic acids is 1. The number of piperidine rings is 1. The highest BCUT2D eigenvalue weighted by molar-refractivity contribution is 5.98. The van der Waals surface area contributed by atoms with Crippen LogP contribution in [-0.4, -0.2) is 40.0 Å². The van der Waals surface area contributed by atoms with Crippen LogP contribution in [0.15, 0.2) is 34.7 Å². The highest BCUT2D eigenvalue weighted by Gasteiger charge is 2.31. The summed E-state index contributed by atoms with van der Waals surface area (Å²) in [6.45, 7) is 2.45. The largest absolute Gasteiger partial charge is 0.481 e. The lowest BCUT2D eigenvalue weighted by Crippen LogP contribution is -2.42. The molecule has 1 aliphatic rings. The first-order valence-corrected chi connectivity index (χ1v) is 7.61. The number of carbonyl (C=O) groups excluding carboxylic acids is 1. The number of aryl methyl sites for hydroxylation is 1. The number of hydrogen-bond acceptors (Lipinski definition) is 4. The number of oxazole rings is 1. The Morgan fingerprint density at radius 3 is 2.74 bits per heavy atom. The van der Waals surface area contributed by atoms with Crippen molar-refractivity contribution in [2.75, 3.05) is 13.1 Å². The molecular weight excluding hydrogens is 296 g/mol. The summed E-state index contributed by atoms with van der Waals surface area (Å²) >= 11 is 0. The molecule has 6 heteroatoms. The molecule has 120 valence electrons. The third-order valence-electron chi connectivity index (χ3n) is 4.03. The van der Waals surface area contributed by atoms with Gasteiger partial charge < -0.3 is 14.4 Å². The van der Waals surface area contributed by atoms with Crippen LogP contribution in [0.1, 0.15) is 29.2 Å². The zero-order valence-corrected chi connectivity index (χ0v) is 12.9. The fraction of sp³-hybridized carbons (Fsp3) is 0.353. The Morgan fingerprint density at radius 1 is 1.30 bits per heavy atom. The number of aromatic nitrogens is 1. The number of likely N-dealkylation sites (tertiary alicyclic amines) is 1. The van der Waals surface area contributed by atoms with Crippen molar-refractivity contribution in [1.82, 2.24) is 9.88 Å². The van der Waals surface area contributed by atoms with Crippen molar-refractivity contribution in [2.24, 2.45) is 5.92 Å². The van der Waals surface area contributed by atoms with Crippen molar-refractivity contribution < 1.29 is 19.1 Å². The molecule has 2 aromatic rings. The molecule has 1 N–H and O–H groups in total. The third-order valence-corrected chi connectivity index (χ3v) is 4.03. The van der Waals surface area contributed by atoms with E-state index in [4.69, 9.17) is 4.42 Å². The van der Waals surface area contributed by atoms with E-state index in [1.165, 1.54) is 0 Å². The lowest BCUT2D eigenvalue weighted by Gasteiger charge is -2.30. The minimum absolute atomic E-state index is 0.217. The molecule has 2 heterocycles. The van der Waals surface area contributed by atoms with Crippen LogP contribution in [0, 0.1) is 12.8 Å².